The van der Waals surface area contributed by atoms with Gasteiger partial charge in [-0.05, 0) is 71.2 Å². The second kappa shape index (κ2) is 12.7. The second-order valence-corrected chi connectivity index (χ2v) is 8.50. The molecule has 1 heterocycles. The van der Waals surface area contributed by atoms with Crippen molar-refractivity contribution in [2.75, 3.05) is 40.4 Å². The summed E-state index contributed by atoms with van der Waals surface area (Å²) in [6, 6.07) is 6.91. The fourth-order valence-electron chi connectivity index (χ4n) is 3.84. The summed E-state index contributed by atoms with van der Waals surface area (Å²) in [5.74, 6) is 2.60. The molecule has 0 radical (unpaired) electrons. The first-order chi connectivity index (χ1) is 14.1. The summed E-state index contributed by atoms with van der Waals surface area (Å²) in [6.45, 7) is 8.01. The summed E-state index contributed by atoms with van der Waals surface area (Å²) in [6.07, 6.45) is 5.11. The van der Waals surface area contributed by atoms with Gasteiger partial charge in [-0.15, -0.1) is 24.0 Å². The average molecular weight is 530 g/mol. The van der Waals surface area contributed by atoms with Gasteiger partial charge in [0.05, 0.1) is 12.6 Å². The van der Waals surface area contributed by atoms with E-state index in [9.17, 15) is 0 Å². The molecule has 170 valence electrons. The normalized spacial score (nSPS) is 20.0. The van der Waals surface area contributed by atoms with Crippen LogP contribution in [0.1, 0.15) is 43.7 Å². The molecule has 0 aromatic heterocycles. The number of hydrogen-bond acceptors (Lipinski definition) is 4. The first-order valence-corrected chi connectivity index (χ1v) is 11.1. The minimum absolute atomic E-state index is 0. The first kappa shape index (κ1) is 25.2. The summed E-state index contributed by atoms with van der Waals surface area (Å²) in [4.78, 5) is 7.15. The fourth-order valence-corrected chi connectivity index (χ4v) is 3.84. The number of benzene rings is 1. The van der Waals surface area contributed by atoms with Crippen LogP contribution in [0.4, 0.5) is 0 Å². The van der Waals surface area contributed by atoms with Gasteiger partial charge in [0.1, 0.15) is 12.4 Å². The van der Waals surface area contributed by atoms with E-state index >= 15 is 0 Å². The Labute approximate surface area is 199 Å². The van der Waals surface area contributed by atoms with E-state index in [0.29, 0.717) is 19.2 Å². The zero-order chi connectivity index (χ0) is 20.6. The molecule has 2 N–H and O–H groups in total. The van der Waals surface area contributed by atoms with Gasteiger partial charge in [-0.25, -0.2) is 4.99 Å². The average Bonchev–Trinajstić information content (AvgIpc) is 3.39. The van der Waals surface area contributed by atoms with Gasteiger partial charge in [0.15, 0.2) is 5.96 Å². The van der Waals surface area contributed by atoms with E-state index in [4.69, 9.17) is 14.5 Å². The predicted octanol–water partition coefficient (Wildman–Crippen LogP) is 3.57. The molecule has 1 aromatic rings. The van der Waals surface area contributed by atoms with Crippen molar-refractivity contribution in [3.05, 3.63) is 29.3 Å². The Morgan fingerprint density at radius 1 is 1.27 bits per heavy atom. The van der Waals surface area contributed by atoms with Crippen molar-refractivity contribution in [2.45, 2.75) is 58.2 Å². The number of hydrogen-bond donors (Lipinski definition) is 2. The topological polar surface area (TPSA) is 58.1 Å². The SMILES string of the molecule is CCNC(=NCc1ccc(C)cc1OCC1CCCO1)NCC(C1CC1)N(C)C.I. The number of likely N-dealkylation sites (N-methyl/N-ethyl adjacent to an activating group) is 1. The van der Waals surface area contributed by atoms with Crippen LogP contribution in [0.15, 0.2) is 23.2 Å². The molecule has 6 nitrogen and oxygen atoms in total. The molecule has 0 bridgehead atoms. The Bertz CT molecular complexity index is 671. The highest BCUT2D eigenvalue weighted by molar-refractivity contribution is 14.0. The van der Waals surface area contributed by atoms with E-state index in [0.717, 1.165) is 55.7 Å². The van der Waals surface area contributed by atoms with Crippen LogP contribution < -0.4 is 15.4 Å². The van der Waals surface area contributed by atoms with Gasteiger partial charge in [0, 0.05) is 31.3 Å². The molecule has 1 aliphatic carbocycles. The van der Waals surface area contributed by atoms with Gasteiger partial charge in [-0.3, -0.25) is 0 Å². The van der Waals surface area contributed by atoms with E-state index in [1.54, 1.807) is 0 Å². The van der Waals surface area contributed by atoms with Gasteiger partial charge >= 0.3 is 0 Å². The molecule has 2 atom stereocenters. The van der Waals surface area contributed by atoms with Gasteiger partial charge in [0.25, 0.3) is 0 Å². The van der Waals surface area contributed by atoms with Crippen LogP contribution in [0.3, 0.4) is 0 Å². The Morgan fingerprint density at radius 3 is 2.70 bits per heavy atom. The first-order valence-electron chi connectivity index (χ1n) is 11.1. The number of aryl methyl sites for hydroxylation is 1. The van der Waals surface area contributed by atoms with Crippen molar-refractivity contribution < 1.29 is 9.47 Å². The molecule has 3 rings (SSSR count). The standard InChI is InChI=1S/C23H38N4O2.HI/c1-5-24-23(26-15-21(27(3)4)18-10-11-18)25-14-19-9-8-17(2)13-22(19)29-16-20-7-6-12-28-20;/h8-9,13,18,20-21H,5-7,10-12,14-16H2,1-4H3,(H2,24,25,26);1H. The Morgan fingerprint density at radius 2 is 2.07 bits per heavy atom. The van der Waals surface area contributed by atoms with Crippen LogP contribution in [0.25, 0.3) is 0 Å². The third-order valence-electron chi connectivity index (χ3n) is 5.73. The molecule has 1 aliphatic heterocycles. The number of rotatable bonds is 10. The van der Waals surface area contributed by atoms with Crippen molar-refractivity contribution in [2.24, 2.45) is 10.9 Å². The smallest absolute Gasteiger partial charge is 0.191 e. The third-order valence-corrected chi connectivity index (χ3v) is 5.73. The maximum atomic E-state index is 6.12. The number of aliphatic imine (C=N–C) groups is 1. The van der Waals surface area contributed by atoms with E-state index in [2.05, 4.69) is 61.7 Å². The van der Waals surface area contributed by atoms with E-state index < -0.39 is 0 Å². The Kier molecular flexibility index (Phi) is 10.7. The Balaban J connectivity index is 0.00000320. The minimum atomic E-state index is 0. The third kappa shape index (κ3) is 7.89. The molecule has 30 heavy (non-hydrogen) atoms. The zero-order valence-corrected chi connectivity index (χ0v) is 21.3. The van der Waals surface area contributed by atoms with Crippen LogP contribution in [0.2, 0.25) is 0 Å². The highest BCUT2D eigenvalue weighted by Crippen LogP contribution is 2.34. The van der Waals surface area contributed by atoms with Crippen LogP contribution in [0, 0.1) is 12.8 Å². The van der Waals surface area contributed by atoms with Gasteiger partial charge < -0.3 is 25.0 Å². The van der Waals surface area contributed by atoms with Gasteiger partial charge in [-0.2, -0.15) is 0 Å². The number of nitrogens with one attached hydrogen (secondary N) is 2. The number of halogens is 1. The molecular formula is C23H39IN4O2. The zero-order valence-electron chi connectivity index (χ0n) is 18.9. The van der Waals surface area contributed by atoms with Crippen LogP contribution in [-0.2, 0) is 11.3 Å². The van der Waals surface area contributed by atoms with E-state index in [1.165, 1.54) is 18.4 Å². The molecule has 1 saturated carbocycles. The fraction of sp³-hybridized carbons (Fsp3) is 0.696. The van der Waals surface area contributed by atoms with Crippen LogP contribution in [-0.4, -0.2) is 63.4 Å². The molecule has 0 amide bonds. The maximum absolute atomic E-state index is 6.12. The summed E-state index contributed by atoms with van der Waals surface area (Å²) in [5, 5.41) is 6.91. The quantitative estimate of drug-likeness (QED) is 0.275. The minimum Gasteiger partial charge on any atom is -0.491 e. The Hall–Kier alpha value is -1.06. The van der Waals surface area contributed by atoms with Crippen molar-refractivity contribution in [1.82, 2.24) is 15.5 Å². The lowest BCUT2D eigenvalue weighted by Gasteiger charge is -2.25. The maximum Gasteiger partial charge on any atom is 0.191 e. The molecule has 1 saturated heterocycles. The lowest BCUT2D eigenvalue weighted by molar-refractivity contribution is 0.0676. The van der Waals surface area contributed by atoms with Crippen LogP contribution >= 0.6 is 24.0 Å². The highest BCUT2D eigenvalue weighted by Gasteiger charge is 2.32. The summed E-state index contributed by atoms with van der Waals surface area (Å²) >= 11 is 0. The molecular weight excluding hydrogens is 491 g/mol. The lowest BCUT2D eigenvalue weighted by atomic mass is 10.1. The van der Waals surface area contributed by atoms with Crippen molar-refractivity contribution in [1.29, 1.82) is 0 Å². The molecule has 2 unspecified atom stereocenters. The van der Waals surface area contributed by atoms with E-state index in [-0.39, 0.29) is 30.1 Å². The monoisotopic (exact) mass is 530 g/mol. The van der Waals surface area contributed by atoms with Crippen molar-refractivity contribution in [3.63, 3.8) is 0 Å². The summed E-state index contributed by atoms with van der Waals surface area (Å²) in [7, 11) is 4.33. The predicted molar refractivity (Wildman–Crippen MR) is 134 cm³/mol. The summed E-state index contributed by atoms with van der Waals surface area (Å²) < 4.78 is 11.8. The van der Waals surface area contributed by atoms with Crippen LogP contribution in [0.5, 0.6) is 5.75 Å². The summed E-state index contributed by atoms with van der Waals surface area (Å²) in [5.41, 5.74) is 2.31. The number of nitrogens with zero attached hydrogens (tertiary/aromatic N) is 2. The molecule has 0 spiro atoms. The van der Waals surface area contributed by atoms with Crippen molar-refractivity contribution >= 4 is 29.9 Å². The van der Waals surface area contributed by atoms with Gasteiger partial charge in [-0.1, -0.05) is 12.1 Å². The second-order valence-electron chi connectivity index (χ2n) is 8.50. The molecule has 2 aliphatic rings. The lowest BCUT2D eigenvalue weighted by Crippen LogP contribution is -2.46. The number of guanidine groups is 1. The highest BCUT2D eigenvalue weighted by atomic mass is 127. The molecule has 7 heteroatoms. The number of ether oxygens (including phenoxy) is 2. The molecule has 1 aromatic carbocycles. The van der Waals surface area contributed by atoms with E-state index in [1.807, 2.05) is 0 Å². The molecule has 2 fully saturated rings. The largest absolute Gasteiger partial charge is 0.491 e. The van der Waals surface area contributed by atoms with Crippen molar-refractivity contribution in [3.8, 4) is 5.75 Å². The van der Waals surface area contributed by atoms with Gasteiger partial charge in [0.2, 0.25) is 0 Å².